The standard InChI is InChI=1S/C21H20O5/c1-23-15-7-5-14(6-8-15)18-13-25-19-12-16(9-10-17(19)21(18)22)26-20-4-2-3-11-24-20/h5-10,12-13,20H,2-4,11H2,1H3. The van der Waals surface area contributed by atoms with Gasteiger partial charge in [-0.2, -0.15) is 0 Å². The van der Waals surface area contributed by atoms with Gasteiger partial charge in [0.05, 0.1) is 24.7 Å². The molecule has 5 heteroatoms. The molecule has 0 saturated carbocycles. The summed E-state index contributed by atoms with van der Waals surface area (Å²) in [6.07, 6.45) is 4.30. The van der Waals surface area contributed by atoms with Gasteiger partial charge >= 0.3 is 0 Å². The van der Waals surface area contributed by atoms with Crippen molar-refractivity contribution < 1.29 is 18.6 Å². The molecule has 0 N–H and O–H groups in total. The first-order chi connectivity index (χ1) is 12.7. The molecule has 3 aromatic rings. The molecule has 0 aliphatic carbocycles. The van der Waals surface area contributed by atoms with Crippen molar-refractivity contribution in [3.8, 4) is 22.6 Å². The van der Waals surface area contributed by atoms with E-state index in [1.54, 1.807) is 25.3 Å². The van der Waals surface area contributed by atoms with Crippen LogP contribution in [0.25, 0.3) is 22.1 Å². The maximum absolute atomic E-state index is 12.8. The molecule has 1 aliphatic heterocycles. The van der Waals surface area contributed by atoms with Crippen molar-refractivity contribution in [1.82, 2.24) is 0 Å². The molecule has 0 radical (unpaired) electrons. The van der Waals surface area contributed by atoms with Crippen LogP contribution in [0.3, 0.4) is 0 Å². The highest BCUT2D eigenvalue weighted by Gasteiger charge is 2.16. The molecule has 2 heterocycles. The number of benzene rings is 2. The van der Waals surface area contributed by atoms with Gasteiger partial charge in [0.1, 0.15) is 23.3 Å². The predicted octanol–water partition coefficient (Wildman–Crippen LogP) is 4.37. The lowest BCUT2D eigenvalue weighted by atomic mass is 10.1. The molecule has 5 nitrogen and oxygen atoms in total. The summed E-state index contributed by atoms with van der Waals surface area (Å²) in [4.78, 5) is 12.8. The number of ether oxygens (including phenoxy) is 3. The Kier molecular flexibility index (Phi) is 4.63. The SMILES string of the molecule is COc1ccc(-c2coc3cc(OC4CCCCO4)ccc3c2=O)cc1. The Morgan fingerprint density at radius 1 is 1.04 bits per heavy atom. The Hall–Kier alpha value is -2.79. The fourth-order valence-corrected chi connectivity index (χ4v) is 3.11. The molecule has 134 valence electrons. The van der Waals surface area contributed by atoms with Crippen LogP contribution < -0.4 is 14.9 Å². The van der Waals surface area contributed by atoms with Crippen molar-refractivity contribution in [1.29, 1.82) is 0 Å². The third-order valence-electron chi connectivity index (χ3n) is 4.55. The Bertz CT molecular complexity index is 952. The van der Waals surface area contributed by atoms with Crippen molar-refractivity contribution in [3.63, 3.8) is 0 Å². The van der Waals surface area contributed by atoms with Crippen LogP contribution in [0.4, 0.5) is 0 Å². The van der Waals surface area contributed by atoms with Crippen LogP contribution in [-0.4, -0.2) is 20.0 Å². The summed E-state index contributed by atoms with van der Waals surface area (Å²) in [6.45, 7) is 0.721. The van der Waals surface area contributed by atoms with Crippen LogP contribution in [-0.2, 0) is 4.74 Å². The Labute approximate surface area is 151 Å². The summed E-state index contributed by atoms with van der Waals surface area (Å²) < 4.78 is 22.3. The highest BCUT2D eigenvalue weighted by molar-refractivity contribution is 5.82. The first-order valence-corrected chi connectivity index (χ1v) is 8.73. The average Bonchev–Trinajstić information content (AvgIpc) is 2.69. The fourth-order valence-electron chi connectivity index (χ4n) is 3.11. The van der Waals surface area contributed by atoms with Gasteiger partial charge in [0.15, 0.2) is 11.7 Å². The van der Waals surface area contributed by atoms with Gasteiger partial charge in [0.25, 0.3) is 0 Å². The Morgan fingerprint density at radius 2 is 1.85 bits per heavy atom. The first-order valence-electron chi connectivity index (χ1n) is 8.73. The summed E-state index contributed by atoms with van der Waals surface area (Å²) in [5.74, 6) is 1.38. The monoisotopic (exact) mass is 352 g/mol. The van der Waals surface area contributed by atoms with E-state index < -0.39 is 0 Å². The minimum absolute atomic E-state index is 0.0723. The molecular weight excluding hydrogens is 332 g/mol. The fraction of sp³-hybridized carbons (Fsp3) is 0.286. The van der Waals surface area contributed by atoms with Crippen LogP contribution in [0.5, 0.6) is 11.5 Å². The van der Waals surface area contributed by atoms with E-state index in [0.717, 1.165) is 37.2 Å². The number of methoxy groups -OCH3 is 1. The van der Waals surface area contributed by atoms with Gasteiger partial charge in [-0.1, -0.05) is 12.1 Å². The van der Waals surface area contributed by atoms with Crippen LogP contribution in [0, 0.1) is 0 Å². The molecule has 1 saturated heterocycles. The summed E-state index contributed by atoms with van der Waals surface area (Å²) in [5, 5.41) is 0.523. The van der Waals surface area contributed by atoms with Crippen molar-refractivity contribution in [2.24, 2.45) is 0 Å². The highest BCUT2D eigenvalue weighted by Crippen LogP contribution is 2.26. The van der Waals surface area contributed by atoms with Gasteiger partial charge in [-0.3, -0.25) is 4.79 Å². The third-order valence-corrected chi connectivity index (χ3v) is 4.55. The third kappa shape index (κ3) is 3.30. The molecule has 0 bridgehead atoms. The lowest BCUT2D eigenvalue weighted by Gasteiger charge is -2.23. The van der Waals surface area contributed by atoms with E-state index in [1.165, 1.54) is 6.26 Å². The second-order valence-electron chi connectivity index (χ2n) is 6.28. The Morgan fingerprint density at radius 3 is 2.58 bits per heavy atom. The molecular formula is C21H20O5. The van der Waals surface area contributed by atoms with Gasteiger partial charge < -0.3 is 18.6 Å². The molecule has 1 unspecified atom stereocenters. The van der Waals surface area contributed by atoms with Crippen LogP contribution in [0.1, 0.15) is 19.3 Å². The highest BCUT2D eigenvalue weighted by atomic mass is 16.7. The average molecular weight is 352 g/mol. The van der Waals surface area contributed by atoms with Crippen LogP contribution in [0.15, 0.2) is 57.9 Å². The molecule has 1 atom stereocenters. The number of rotatable bonds is 4. The van der Waals surface area contributed by atoms with Crippen molar-refractivity contribution >= 4 is 11.0 Å². The molecule has 1 aromatic heterocycles. The van der Waals surface area contributed by atoms with Gasteiger partial charge in [-0.15, -0.1) is 0 Å². The van der Waals surface area contributed by atoms with Crippen molar-refractivity contribution in [2.45, 2.75) is 25.6 Å². The molecule has 4 rings (SSSR count). The quantitative estimate of drug-likeness (QED) is 0.698. The van der Waals surface area contributed by atoms with E-state index >= 15 is 0 Å². The maximum atomic E-state index is 12.8. The maximum Gasteiger partial charge on any atom is 0.200 e. The lowest BCUT2D eigenvalue weighted by molar-refractivity contribution is -0.105. The smallest absolute Gasteiger partial charge is 0.200 e. The topological polar surface area (TPSA) is 57.9 Å². The van der Waals surface area contributed by atoms with Gasteiger partial charge in [-0.05, 0) is 42.7 Å². The van der Waals surface area contributed by atoms with Crippen molar-refractivity contribution in [3.05, 3.63) is 59.0 Å². The van der Waals surface area contributed by atoms with Gasteiger partial charge in [0.2, 0.25) is 0 Å². The van der Waals surface area contributed by atoms with E-state index in [-0.39, 0.29) is 11.7 Å². The summed E-state index contributed by atoms with van der Waals surface area (Å²) >= 11 is 0. The molecule has 0 amide bonds. The summed E-state index contributed by atoms with van der Waals surface area (Å²) in [6, 6.07) is 12.6. The Balaban J connectivity index is 1.65. The zero-order valence-corrected chi connectivity index (χ0v) is 14.6. The molecule has 26 heavy (non-hydrogen) atoms. The predicted molar refractivity (Wildman–Crippen MR) is 98.7 cm³/mol. The molecule has 1 aliphatic rings. The van der Waals surface area contributed by atoms with E-state index in [4.69, 9.17) is 18.6 Å². The minimum atomic E-state index is -0.230. The zero-order chi connectivity index (χ0) is 17.9. The van der Waals surface area contributed by atoms with E-state index in [1.807, 2.05) is 24.3 Å². The normalized spacial score (nSPS) is 17.2. The molecule has 1 fully saturated rings. The molecule has 2 aromatic carbocycles. The van der Waals surface area contributed by atoms with Gasteiger partial charge in [-0.25, -0.2) is 0 Å². The number of hydrogen-bond donors (Lipinski definition) is 0. The first kappa shape index (κ1) is 16.7. The zero-order valence-electron chi connectivity index (χ0n) is 14.6. The second-order valence-corrected chi connectivity index (χ2v) is 6.28. The summed E-state index contributed by atoms with van der Waals surface area (Å²) in [5.41, 5.74) is 1.74. The number of fused-ring (bicyclic) bond motifs is 1. The lowest BCUT2D eigenvalue weighted by Crippen LogP contribution is -2.24. The van der Waals surface area contributed by atoms with Crippen LogP contribution in [0.2, 0.25) is 0 Å². The van der Waals surface area contributed by atoms with E-state index in [9.17, 15) is 4.79 Å². The number of hydrogen-bond acceptors (Lipinski definition) is 5. The largest absolute Gasteiger partial charge is 0.497 e. The van der Waals surface area contributed by atoms with E-state index in [0.29, 0.717) is 22.3 Å². The minimum Gasteiger partial charge on any atom is -0.497 e. The van der Waals surface area contributed by atoms with Crippen LogP contribution >= 0.6 is 0 Å². The molecule has 0 spiro atoms. The van der Waals surface area contributed by atoms with E-state index in [2.05, 4.69) is 0 Å². The van der Waals surface area contributed by atoms with Gasteiger partial charge in [0, 0.05) is 12.5 Å². The summed E-state index contributed by atoms with van der Waals surface area (Å²) in [7, 11) is 1.61. The second kappa shape index (κ2) is 7.22. The van der Waals surface area contributed by atoms with Crippen molar-refractivity contribution in [2.75, 3.05) is 13.7 Å².